The van der Waals surface area contributed by atoms with Crippen LogP contribution in [0.25, 0.3) is 5.69 Å². The maximum atomic E-state index is 13.3. The summed E-state index contributed by atoms with van der Waals surface area (Å²) in [5.74, 6) is 2.16. The van der Waals surface area contributed by atoms with Crippen LogP contribution in [0.1, 0.15) is 56.4 Å². The van der Waals surface area contributed by atoms with Gasteiger partial charge in [-0.2, -0.15) is 0 Å². The summed E-state index contributed by atoms with van der Waals surface area (Å²) in [6, 6.07) is 11.8. The number of amides is 1. The van der Waals surface area contributed by atoms with Gasteiger partial charge in [0.1, 0.15) is 10.8 Å². The summed E-state index contributed by atoms with van der Waals surface area (Å²) >= 11 is 1.64. The molecule has 4 aromatic rings. The average Bonchev–Trinajstić information content (AvgIpc) is 3.67. The molecule has 0 atom stereocenters. The lowest BCUT2D eigenvalue weighted by Crippen LogP contribution is -2.23. The third-order valence-electron chi connectivity index (χ3n) is 6.79. The Kier molecular flexibility index (Phi) is 5.89. The molecule has 0 spiro atoms. The molecule has 6 rings (SSSR count). The van der Waals surface area contributed by atoms with Crippen LogP contribution in [0, 0.1) is 13.8 Å². The second-order valence-corrected chi connectivity index (χ2v) is 10.2. The number of fused-ring (bicyclic) bond motifs is 2. The van der Waals surface area contributed by atoms with Crippen molar-refractivity contribution in [1.82, 2.24) is 9.88 Å². The van der Waals surface area contributed by atoms with E-state index in [9.17, 15) is 4.79 Å². The first-order valence-electron chi connectivity index (χ1n) is 12.2. The average molecular weight is 502 g/mol. The van der Waals surface area contributed by atoms with Crippen molar-refractivity contribution in [3.05, 3.63) is 81.4 Å². The van der Waals surface area contributed by atoms with Gasteiger partial charge in [-0.25, -0.2) is 4.99 Å². The Labute approximate surface area is 213 Å². The van der Waals surface area contributed by atoms with Gasteiger partial charge in [0.15, 0.2) is 11.5 Å². The molecular formula is C28H27N3O4S. The van der Waals surface area contributed by atoms with Crippen LogP contribution in [0.5, 0.6) is 11.5 Å². The number of furan rings is 1. The summed E-state index contributed by atoms with van der Waals surface area (Å²) in [4.78, 5) is 19.4. The van der Waals surface area contributed by atoms with Gasteiger partial charge in [-0.1, -0.05) is 0 Å². The van der Waals surface area contributed by atoms with Crippen molar-refractivity contribution in [2.24, 2.45) is 4.99 Å². The SMILES string of the molecule is Cc1cc(C=Nc2sc3c(c2C(=O)NCc2ccco2)CCCC3)c(C)n1-c1ccc2c(c1)OCO2. The zero-order chi connectivity index (χ0) is 24.6. The number of nitrogens with zero attached hydrogens (tertiary/aromatic N) is 2. The van der Waals surface area contributed by atoms with Crippen molar-refractivity contribution in [2.75, 3.05) is 6.79 Å². The topological polar surface area (TPSA) is 78.0 Å². The molecular weight excluding hydrogens is 474 g/mol. The van der Waals surface area contributed by atoms with E-state index in [1.807, 2.05) is 36.5 Å². The van der Waals surface area contributed by atoms with Crippen LogP contribution in [0.3, 0.4) is 0 Å². The number of ether oxygens (including phenoxy) is 2. The molecule has 3 aromatic heterocycles. The first-order valence-corrected chi connectivity index (χ1v) is 13.0. The minimum absolute atomic E-state index is 0.0937. The van der Waals surface area contributed by atoms with Gasteiger partial charge >= 0.3 is 0 Å². The Morgan fingerprint density at radius 2 is 2.00 bits per heavy atom. The Balaban J connectivity index is 1.31. The molecule has 0 radical (unpaired) electrons. The van der Waals surface area contributed by atoms with E-state index in [2.05, 4.69) is 29.8 Å². The molecule has 184 valence electrons. The predicted molar refractivity (Wildman–Crippen MR) is 139 cm³/mol. The number of thiophene rings is 1. The second-order valence-electron chi connectivity index (χ2n) is 9.11. The van der Waals surface area contributed by atoms with E-state index in [0.29, 0.717) is 12.1 Å². The van der Waals surface area contributed by atoms with Crippen molar-refractivity contribution in [3.8, 4) is 17.2 Å². The zero-order valence-corrected chi connectivity index (χ0v) is 21.1. The molecule has 0 bridgehead atoms. The standard InChI is InChI=1S/C28H27N3O4S/c1-17-12-19(18(2)31(17)20-9-10-23-24(13-20)35-16-34-23)14-30-28-26(22-7-3-4-8-25(22)36-28)27(32)29-15-21-6-5-11-33-21/h5-6,9-14H,3-4,7-8,15-16H2,1-2H3,(H,29,32). The maximum Gasteiger partial charge on any atom is 0.255 e. The fourth-order valence-electron chi connectivity index (χ4n) is 5.01. The lowest BCUT2D eigenvalue weighted by Gasteiger charge is -2.12. The number of nitrogens with one attached hydrogen (secondary N) is 1. The van der Waals surface area contributed by atoms with Crippen LogP contribution in [-0.2, 0) is 19.4 Å². The van der Waals surface area contributed by atoms with Crippen molar-refractivity contribution in [2.45, 2.75) is 46.1 Å². The quantitative estimate of drug-likeness (QED) is 0.327. The second kappa shape index (κ2) is 9.35. The van der Waals surface area contributed by atoms with E-state index in [-0.39, 0.29) is 12.7 Å². The van der Waals surface area contributed by atoms with E-state index >= 15 is 0 Å². The molecule has 0 saturated carbocycles. The first kappa shape index (κ1) is 22.7. The fourth-order valence-corrected chi connectivity index (χ4v) is 6.24. The van der Waals surface area contributed by atoms with Gasteiger partial charge in [-0.05, 0) is 75.4 Å². The molecule has 36 heavy (non-hydrogen) atoms. The summed E-state index contributed by atoms with van der Waals surface area (Å²) in [6.07, 6.45) is 7.68. The number of rotatable bonds is 6. The molecule has 1 aliphatic heterocycles. The number of carbonyl (C=O) groups is 1. The smallest absolute Gasteiger partial charge is 0.255 e. The molecule has 1 aliphatic carbocycles. The monoisotopic (exact) mass is 501 g/mol. The molecule has 1 aromatic carbocycles. The molecule has 8 heteroatoms. The summed E-state index contributed by atoms with van der Waals surface area (Å²) in [7, 11) is 0. The van der Waals surface area contributed by atoms with Crippen LogP contribution in [0.4, 0.5) is 5.00 Å². The molecule has 0 unspecified atom stereocenters. The molecule has 0 saturated heterocycles. The van der Waals surface area contributed by atoms with Gasteiger partial charge in [-0.15, -0.1) is 11.3 Å². The molecule has 7 nitrogen and oxygen atoms in total. The van der Waals surface area contributed by atoms with E-state index in [4.69, 9.17) is 18.9 Å². The van der Waals surface area contributed by atoms with Crippen LogP contribution >= 0.6 is 11.3 Å². The van der Waals surface area contributed by atoms with Gasteiger partial charge in [0.05, 0.1) is 18.4 Å². The number of hydrogen-bond donors (Lipinski definition) is 1. The van der Waals surface area contributed by atoms with E-state index in [0.717, 1.165) is 76.1 Å². The van der Waals surface area contributed by atoms with Gasteiger partial charge in [-0.3, -0.25) is 4.79 Å². The minimum Gasteiger partial charge on any atom is -0.467 e. The zero-order valence-electron chi connectivity index (χ0n) is 20.3. The summed E-state index contributed by atoms with van der Waals surface area (Å²) in [6.45, 7) is 4.76. The van der Waals surface area contributed by atoms with Gasteiger partial charge in [0, 0.05) is 39.8 Å². The van der Waals surface area contributed by atoms with Gasteiger partial charge in [0.2, 0.25) is 6.79 Å². The Bertz CT molecular complexity index is 1460. The number of aryl methyl sites for hydroxylation is 2. The normalized spacial score (nSPS) is 14.4. The first-order chi connectivity index (χ1) is 17.6. The van der Waals surface area contributed by atoms with Crippen molar-refractivity contribution in [1.29, 1.82) is 0 Å². The van der Waals surface area contributed by atoms with E-state index in [1.165, 1.54) is 4.88 Å². The van der Waals surface area contributed by atoms with Crippen molar-refractivity contribution >= 4 is 28.5 Å². The van der Waals surface area contributed by atoms with E-state index < -0.39 is 0 Å². The lowest BCUT2D eigenvalue weighted by molar-refractivity contribution is 0.0948. The lowest BCUT2D eigenvalue weighted by atomic mass is 9.95. The number of carbonyl (C=O) groups excluding carboxylic acids is 1. The van der Waals surface area contributed by atoms with Crippen molar-refractivity contribution < 1.29 is 18.7 Å². The van der Waals surface area contributed by atoms with Crippen LogP contribution in [0.2, 0.25) is 0 Å². The highest BCUT2D eigenvalue weighted by Crippen LogP contribution is 2.40. The minimum atomic E-state index is -0.0937. The number of aromatic nitrogens is 1. The highest BCUT2D eigenvalue weighted by atomic mass is 32.1. The number of hydrogen-bond acceptors (Lipinski definition) is 6. The predicted octanol–water partition coefficient (Wildman–Crippen LogP) is 6.04. The molecule has 4 heterocycles. The van der Waals surface area contributed by atoms with Crippen molar-refractivity contribution in [3.63, 3.8) is 0 Å². The molecule has 1 N–H and O–H groups in total. The fraction of sp³-hybridized carbons (Fsp3) is 0.286. The third-order valence-corrected chi connectivity index (χ3v) is 7.99. The largest absolute Gasteiger partial charge is 0.467 e. The summed E-state index contributed by atoms with van der Waals surface area (Å²) in [5.41, 5.74) is 6.05. The van der Waals surface area contributed by atoms with Crippen LogP contribution in [-0.4, -0.2) is 23.5 Å². The molecule has 2 aliphatic rings. The summed E-state index contributed by atoms with van der Waals surface area (Å²) < 4.78 is 18.6. The Morgan fingerprint density at radius 1 is 1.14 bits per heavy atom. The summed E-state index contributed by atoms with van der Waals surface area (Å²) in [5, 5.41) is 3.79. The highest BCUT2D eigenvalue weighted by molar-refractivity contribution is 7.16. The molecule has 0 fully saturated rings. The number of aliphatic imine (C=N–C) groups is 1. The Hall–Kier alpha value is -3.78. The number of benzene rings is 1. The maximum absolute atomic E-state index is 13.3. The van der Waals surface area contributed by atoms with Crippen LogP contribution in [0.15, 0.2) is 52.1 Å². The van der Waals surface area contributed by atoms with Gasteiger partial charge < -0.3 is 23.8 Å². The highest BCUT2D eigenvalue weighted by Gasteiger charge is 2.25. The Morgan fingerprint density at radius 3 is 2.86 bits per heavy atom. The van der Waals surface area contributed by atoms with Gasteiger partial charge in [0.25, 0.3) is 5.91 Å². The van der Waals surface area contributed by atoms with Crippen LogP contribution < -0.4 is 14.8 Å². The third kappa shape index (κ3) is 4.11. The molecule has 1 amide bonds. The van der Waals surface area contributed by atoms with E-state index in [1.54, 1.807) is 17.6 Å².